The Balaban J connectivity index is 2.14. The average Bonchev–Trinajstić information content (AvgIpc) is 2.48. The molecule has 0 spiro atoms. The van der Waals surface area contributed by atoms with Crippen molar-refractivity contribution in [3.8, 4) is 22.9 Å². The number of aryl methyl sites for hydroxylation is 1. The molecule has 20 heavy (non-hydrogen) atoms. The zero-order valence-corrected chi connectivity index (χ0v) is 12.2. The van der Waals surface area contributed by atoms with Gasteiger partial charge in [-0.3, -0.25) is 0 Å². The molecule has 0 bridgehead atoms. The molecule has 0 aliphatic carbocycles. The van der Waals surface area contributed by atoms with Crippen molar-refractivity contribution in [3.63, 3.8) is 0 Å². The number of halogens is 1. The van der Waals surface area contributed by atoms with Gasteiger partial charge in [-0.15, -0.1) is 11.6 Å². The standard InChI is InChI=1S/C17H16ClNO/c1-13-11-15(3-4-16(13)12-19)14-5-7-17(8-6-14)20-10-2-9-18/h3-8,11H,2,9-10H2,1H3. The maximum absolute atomic E-state index is 8.94. The largest absolute Gasteiger partial charge is 0.494 e. The van der Waals surface area contributed by atoms with Gasteiger partial charge in [0.15, 0.2) is 0 Å². The summed E-state index contributed by atoms with van der Waals surface area (Å²) in [6.45, 7) is 2.59. The first-order valence-corrected chi connectivity index (χ1v) is 7.08. The number of alkyl halides is 1. The highest BCUT2D eigenvalue weighted by molar-refractivity contribution is 6.17. The molecule has 2 aromatic carbocycles. The van der Waals surface area contributed by atoms with E-state index in [-0.39, 0.29) is 0 Å². The van der Waals surface area contributed by atoms with Crippen LogP contribution in [0.5, 0.6) is 5.75 Å². The minimum atomic E-state index is 0.614. The normalized spacial score (nSPS) is 10.1. The number of hydrogen-bond donors (Lipinski definition) is 0. The van der Waals surface area contributed by atoms with Crippen molar-refractivity contribution in [2.45, 2.75) is 13.3 Å². The summed E-state index contributed by atoms with van der Waals surface area (Å²) in [6.07, 6.45) is 0.845. The summed E-state index contributed by atoms with van der Waals surface area (Å²) in [4.78, 5) is 0. The molecule has 2 aromatic rings. The van der Waals surface area contributed by atoms with Gasteiger partial charge in [0.05, 0.1) is 18.2 Å². The third kappa shape index (κ3) is 3.53. The Bertz CT molecular complexity index is 614. The fourth-order valence-electron chi connectivity index (χ4n) is 1.96. The van der Waals surface area contributed by atoms with Crippen LogP contribution in [0.4, 0.5) is 0 Å². The third-order valence-electron chi connectivity index (χ3n) is 3.08. The van der Waals surface area contributed by atoms with Crippen LogP contribution in [0.1, 0.15) is 17.5 Å². The van der Waals surface area contributed by atoms with Crippen LogP contribution in [0, 0.1) is 18.3 Å². The predicted molar refractivity (Wildman–Crippen MR) is 82.2 cm³/mol. The van der Waals surface area contributed by atoms with Crippen molar-refractivity contribution in [1.82, 2.24) is 0 Å². The van der Waals surface area contributed by atoms with Gasteiger partial charge in [0.1, 0.15) is 5.75 Å². The second kappa shape index (κ2) is 6.98. The number of nitriles is 1. The van der Waals surface area contributed by atoms with Crippen molar-refractivity contribution in [2.75, 3.05) is 12.5 Å². The quantitative estimate of drug-likeness (QED) is 0.597. The molecule has 0 saturated heterocycles. The van der Waals surface area contributed by atoms with Crippen LogP contribution in [0.25, 0.3) is 11.1 Å². The highest BCUT2D eigenvalue weighted by atomic mass is 35.5. The van der Waals surface area contributed by atoms with E-state index in [1.165, 1.54) is 0 Å². The van der Waals surface area contributed by atoms with E-state index in [2.05, 4.69) is 6.07 Å². The van der Waals surface area contributed by atoms with Gasteiger partial charge in [0.25, 0.3) is 0 Å². The molecule has 102 valence electrons. The van der Waals surface area contributed by atoms with E-state index in [0.29, 0.717) is 12.5 Å². The van der Waals surface area contributed by atoms with Crippen LogP contribution >= 0.6 is 11.6 Å². The summed E-state index contributed by atoms with van der Waals surface area (Å²) in [6, 6.07) is 16.0. The monoisotopic (exact) mass is 285 g/mol. The molecule has 0 saturated carbocycles. The van der Waals surface area contributed by atoms with Crippen LogP contribution < -0.4 is 4.74 Å². The molecule has 0 N–H and O–H groups in total. The molecule has 0 aromatic heterocycles. The zero-order chi connectivity index (χ0) is 14.4. The highest BCUT2D eigenvalue weighted by Crippen LogP contribution is 2.24. The molecular weight excluding hydrogens is 270 g/mol. The van der Waals surface area contributed by atoms with Crippen molar-refractivity contribution < 1.29 is 4.74 Å². The number of hydrogen-bond acceptors (Lipinski definition) is 2. The average molecular weight is 286 g/mol. The molecule has 2 nitrogen and oxygen atoms in total. The van der Waals surface area contributed by atoms with Crippen LogP contribution in [0.15, 0.2) is 42.5 Å². The molecule has 3 heteroatoms. The summed E-state index contributed by atoms with van der Waals surface area (Å²) < 4.78 is 5.57. The minimum absolute atomic E-state index is 0.614. The Morgan fingerprint density at radius 3 is 2.40 bits per heavy atom. The highest BCUT2D eigenvalue weighted by Gasteiger charge is 2.02. The zero-order valence-electron chi connectivity index (χ0n) is 11.4. The van der Waals surface area contributed by atoms with E-state index in [4.69, 9.17) is 21.6 Å². The molecule has 0 fully saturated rings. The van der Waals surface area contributed by atoms with E-state index in [9.17, 15) is 0 Å². The molecule has 0 aliphatic rings. The summed E-state index contributed by atoms with van der Waals surface area (Å²) in [7, 11) is 0. The van der Waals surface area contributed by atoms with Gasteiger partial charge in [-0.05, 0) is 48.2 Å². The topological polar surface area (TPSA) is 33.0 Å². The fourth-order valence-corrected chi connectivity index (χ4v) is 2.07. The van der Waals surface area contributed by atoms with Gasteiger partial charge in [0.2, 0.25) is 0 Å². The van der Waals surface area contributed by atoms with Crippen LogP contribution in [0.3, 0.4) is 0 Å². The SMILES string of the molecule is Cc1cc(-c2ccc(OCCCCl)cc2)ccc1C#N. The maximum Gasteiger partial charge on any atom is 0.119 e. The lowest BCUT2D eigenvalue weighted by molar-refractivity contribution is 0.318. The van der Waals surface area contributed by atoms with Gasteiger partial charge < -0.3 is 4.74 Å². The summed E-state index contributed by atoms with van der Waals surface area (Å²) in [5.41, 5.74) is 3.93. The Morgan fingerprint density at radius 1 is 1.10 bits per heavy atom. The molecule has 0 unspecified atom stereocenters. The third-order valence-corrected chi connectivity index (χ3v) is 3.35. The van der Waals surface area contributed by atoms with E-state index in [1.54, 1.807) is 0 Å². The van der Waals surface area contributed by atoms with Gasteiger partial charge in [-0.25, -0.2) is 0 Å². The van der Waals surface area contributed by atoms with E-state index in [0.717, 1.165) is 34.4 Å². The predicted octanol–water partition coefficient (Wildman–Crippen LogP) is 4.54. The number of rotatable bonds is 5. The Morgan fingerprint density at radius 2 is 1.80 bits per heavy atom. The van der Waals surface area contributed by atoms with Crippen LogP contribution in [-0.4, -0.2) is 12.5 Å². The number of nitrogens with zero attached hydrogens (tertiary/aromatic N) is 1. The molecule has 0 radical (unpaired) electrons. The summed E-state index contributed by atoms with van der Waals surface area (Å²) in [5.74, 6) is 1.46. The maximum atomic E-state index is 8.94. The smallest absolute Gasteiger partial charge is 0.119 e. The first kappa shape index (κ1) is 14.4. The molecule has 0 atom stereocenters. The second-order valence-electron chi connectivity index (χ2n) is 4.56. The lowest BCUT2D eigenvalue weighted by atomic mass is 10.0. The van der Waals surface area contributed by atoms with Crippen molar-refractivity contribution >= 4 is 11.6 Å². The van der Waals surface area contributed by atoms with Crippen molar-refractivity contribution in [2.24, 2.45) is 0 Å². The lowest BCUT2D eigenvalue weighted by Gasteiger charge is -2.07. The Kier molecular flexibility index (Phi) is 5.03. The van der Waals surface area contributed by atoms with Crippen molar-refractivity contribution in [3.05, 3.63) is 53.6 Å². The minimum Gasteiger partial charge on any atom is -0.494 e. The number of ether oxygens (including phenoxy) is 1. The van der Waals surface area contributed by atoms with Crippen LogP contribution in [0.2, 0.25) is 0 Å². The summed E-state index contributed by atoms with van der Waals surface area (Å²) >= 11 is 5.61. The molecule has 0 aliphatic heterocycles. The molecule has 2 rings (SSSR count). The van der Waals surface area contributed by atoms with Gasteiger partial charge in [-0.2, -0.15) is 5.26 Å². The Labute approximate surface area is 124 Å². The molecular formula is C17H16ClNO. The van der Waals surface area contributed by atoms with E-state index < -0.39 is 0 Å². The van der Waals surface area contributed by atoms with Gasteiger partial charge in [-0.1, -0.05) is 24.3 Å². The molecule has 0 amide bonds. The van der Waals surface area contributed by atoms with E-state index >= 15 is 0 Å². The number of benzene rings is 2. The van der Waals surface area contributed by atoms with Gasteiger partial charge >= 0.3 is 0 Å². The fraction of sp³-hybridized carbons (Fsp3) is 0.235. The summed E-state index contributed by atoms with van der Waals surface area (Å²) in [5, 5.41) is 8.94. The van der Waals surface area contributed by atoms with Crippen LogP contribution in [-0.2, 0) is 0 Å². The Hall–Kier alpha value is -1.98. The van der Waals surface area contributed by atoms with E-state index in [1.807, 2.05) is 49.4 Å². The first-order valence-electron chi connectivity index (χ1n) is 6.54. The second-order valence-corrected chi connectivity index (χ2v) is 4.93. The lowest BCUT2D eigenvalue weighted by Crippen LogP contribution is -1.97. The molecule has 0 heterocycles. The van der Waals surface area contributed by atoms with Crippen molar-refractivity contribution in [1.29, 1.82) is 5.26 Å². The van der Waals surface area contributed by atoms with Gasteiger partial charge in [0, 0.05) is 5.88 Å². The first-order chi connectivity index (χ1) is 9.74.